The van der Waals surface area contributed by atoms with Crippen LogP contribution >= 0.6 is 0 Å². The largest absolute Gasteiger partial charge is 0.447 e. The van der Waals surface area contributed by atoms with Crippen LogP contribution in [0.3, 0.4) is 0 Å². The number of nitrogens with two attached hydrogens (primary N) is 1. The summed E-state index contributed by atoms with van der Waals surface area (Å²) in [5.41, 5.74) is 7.02. The molecule has 0 radical (unpaired) electrons. The zero-order valence-corrected chi connectivity index (χ0v) is 13.9. The molecule has 1 aliphatic carbocycles. The minimum atomic E-state index is -2.68. The minimum absolute atomic E-state index is 0.120. The van der Waals surface area contributed by atoms with Crippen molar-refractivity contribution in [2.45, 2.75) is 50.1 Å². The van der Waals surface area contributed by atoms with Crippen molar-refractivity contribution < 1.29 is 23.1 Å². The number of amides is 2. The normalized spacial score (nSPS) is 24.8. The Morgan fingerprint density at radius 1 is 1.28 bits per heavy atom. The molecular formula is C18H22F2N2O3. The van der Waals surface area contributed by atoms with Crippen molar-refractivity contribution in [2.75, 3.05) is 6.61 Å². The van der Waals surface area contributed by atoms with E-state index in [1.807, 2.05) is 30.3 Å². The van der Waals surface area contributed by atoms with E-state index in [0.717, 1.165) is 10.5 Å². The fourth-order valence-corrected chi connectivity index (χ4v) is 3.55. The molecule has 2 atom stereocenters. The molecule has 1 aromatic rings. The number of alkyl halides is 2. The number of carbonyl (C=O) groups is 2. The van der Waals surface area contributed by atoms with Crippen LogP contribution in [0.4, 0.5) is 13.6 Å². The average Bonchev–Trinajstić information content (AvgIpc) is 2.95. The van der Waals surface area contributed by atoms with Gasteiger partial charge in [-0.05, 0) is 30.7 Å². The summed E-state index contributed by atoms with van der Waals surface area (Å²) in [6.45, 7) is 0.120. The topological polar surface area (TPSA) is 72.6 Å². The highest BCUT2D eigenvalue weighted by Crippen LogP contribution is 2.37. The van der Waals surface area contributed by atoms with Gasteiger partial charge in [-0.3, -0.25) is 4.79 Å². The summed E-state index contributed by atoms with van der Waals surface area (Å²) in [5, 5.41) is 0. The molecule has 0 aromatic heterocycles. The molecule has 25 heavy (non-hydrogen) atoms. The fourth-order valence-electron chi connectivity index (χ4n) is 3.55. The number of imide groups is 1. The smallest absolute Gasteiger partial charge is 0.417 e. The van der Waals surface area contributed by atoms with Gasteiger partial charge in [0.05, 0.1) is 12.1 Å². The van der Waals surface area contributed by atoms with Crippen molar-refractivity contribution in [3.63, 3.8) is 0 Å². The molecule has 5 nitrogen and oxygen atoms in total. The van der Waals surface area contributed by atoms with Crippen molar-refractivity contribution in [2.24, 2.45) is 11.7 Å². The Morgan fingerprint density at radius 2 is 1.92 bits per heavy atom. The van der Waals surface area contributed by atoms with Crippen molar-refractivity contribution in [1.29, 1.82) is 0 Å². The molecule has 7 heteroatoms. The zero-order valence-electron chi connectivity index (χ0n) is 13.9. The van der Waals surface area contributed by atoms with Crippen LogP contribution in [0.2, 0.25) is 0 Å². The molecule has 2 N–H and O–H groups in total. The maximum Gasteiger partial charge on any atom is 0.417 e. The Morgan fingerprint density at radius 3 is 2.56 bits per heavy atom. The first kappa shape index (κ1) is 17.8. The number of cyclic esters (lactones) is 1. The van der Waals surface area contributed by atoms with E-state index in [0.29, 0.717) is 6.42 Å². The van der Waals surface area contributed by atoms with Crippen LogP contribution in [0.5, 0.6) is 0 Å². The molecule has 1 saturated heterocycles. The first-order valence-electron chi connectivity index (χ1n) is 8.54. The minimum Gasteiger partial charge on any atom is -0.447 e. The molecule has 2 aliphatic rings. The first-order valence-corrected chi connectivity index (χ1v) is 8.54. The molecule has 2 fully saturated rings. The summed E-state index contributed by atoms with van der Waals surface area (Å²) in [5.74, 6) is -3.54. The third kappa shape index (κ3) is 3.98. The van der Waals surface area contributed by atoms with Gasteiger partial charge in [0.1, 0.15) is 6.61 Å². The summed E-state index contributed by atoms with van der Waals surface area (Å²) >= 11 is 0. The number of rotatable bonds is 4. The van der Waals surface area contributed by atoms with Crippen LogP contribution in [-0.2, 0) is 16.0 Å². The van der Waals surface area contributed by atoms with Gasteiger partial charge in [0.15, 0.2) is 0 Å². The number of hydrogen-bond acceptors (Lipinski definition) is 4. The van der Waals surface area contributed by atoms with E-state index in [4.69, 9.17) is 10.5 Å². The van der Waals surface area contributed by atoms with Gasteiger partial charge in [0, 0.05) is 12.8 Å². The highest BCUT2D eigenvalue weighted by molar-refractivity contribution is 5.96. The van der Waals surface area contributed by atoms with Crippen LogP contribution in [-0.4, -0.2) is 41.5 Å². The summed E-state index contributed by atoms with van der Waals surface area (Å²) in [7, 11) is 0. The van der Waals surface area contributed by atoms with E-state index in [9.17, 15) is 18.4 Å². The summed E-state index contributed by atoms with van der Waals surface area (Å²) in [6.07, 6.45) is -0.387. The van der Waals surface area contributed by atoms with Crippen LogP contribution in [0.1, 0.15) is 31.2 Å². The number of benzene rings is 1. The Hall–Kier alpha value is -2.02. The number of nitrogens with zero attached hydrogens (tertiary/aromatic N) is 1. The fraction of sp³-hybridized carbons (Fsp3) is 0.556. The Balaban J connectivity index is 1.67. The molecule has 0 spiro atoms. The monoisotopic (exact) mass is 352 g/mol. The molecule has 1 heterocycles. The zero-order chi connectivity index (χ0) is 18.0. The van der Waals surface area contributed by atoms with E-state index in [-0.39, 0.29) is 38.2 Å². The lowest BCUT2D eigenvalue weighted by Crippen LogP contribution is -2.52. The van der Waals surface area contributed by atoms with Gasteiger partial charge in [-0.15, -0.1) is 0 Å². The lowest BCUT2D eigenvalue weighted by molar-refractivity contribution is -0.133. The molecule has 0 unspecified atom stereocenters. The van der Waals surface area contributed by atoms with Crippen LogP contribution in [0, 0.1) is 5.92 Å². The number of halogens is 2. The number of hydrogen-bond donors (Lipinski definition) is 1. The molecule has 0 bridgehead atoms. The van der Waals surface area contributed by atoms with Crippen molar-refractivity contribution in [1.82, 2.24) is 4.90 Å². The Labute approximate surface area is 145 Å². The second-order valence-corrected chi connectivity index (χ2v) is 6.85. The summed E-state index contributed by atoms with van der Waals surface area (Å²) in [6, 6.07) is 8.10. The van der Waals surface area contributed by atoms with E-state index in [2.05, 4.69) is 0 Å². The third-order valence-corrected chi connectivity index (χ3v) is 5.07. The molecular weight excluding hydrogens is 330 g/mol. The third-order valence-electron chi connectivity index (χ3n) is 5.07. The van der Waals surface area contributed by atoms with E-state index < -0.39 is 30.0 Å². The first-order chi connectivity index (χ1) is 11.9. The second-order valence-electron chi connectivity index (χ2n) is 6.85. The van der Waals surface area contributed by atoms with Crippen LogP contribution < -0.4 is 5.73 Å². The lowest BCUT2D eigenvalue weighted by Gasteiger charge is -2.33. The average molecular weight is 352 g/mol. The van der Waals surface area contributed by atoms with Gasteiger partial charge in [-0.1, -0.05) is 30.3 Å². The highest BCUT2D eigenvalue weighted by Gasteiger charge is 2.44. The van der Waals surface area contributed by atoms with E-state index in [1.165, 1.54) is 0 Å². The summed E-state index contributed by atoms with van der Waals surface area (Å²) in [4.78, 5) is 25.8. The van der Waals surface area contributed by atoms with Gasteiger partial charge in [-0.2, -0.15) is 0 Å². The predicted octanol–water partition coefficient (Wildman–Crippen LogP) is 2.73. The second kappa shape index (κ2) is 7.07. The van der Waals surface area contributed by atoms with Crippen LogP contribution in [0.15, 0.2) is 30.3 Å². The standard InChI is InChI=1S/C18H22F2N2O3/c19-18(20)8-6-13(7-9-18)15(21)16(23)22-14(11-25-17(22)24)10-12-4-2-1-3-5-12/h1-5,13-15H,6-11,21H2/t14-,15-/m0/s1. The van der Waals surface area contributed by atoms with Crippen molar-refractivity contribution >= 4 is 12.0 Å². The highest BCUT2D eigenvalue weighted by atomic mass is 19.3. The van der Waals surface area contributed by atoms with Gasteiger partial charge < -0.3 is 10.5 Å². The van der Waals surface area contributed by atoms with Crippen LogP contribution in [0.25, 0.3) is 0 Å². The molecule has 1 aromatic carbocycles. The molecule has 2 amide bonds. The van der Waals surface area contributed by atoms with Crippen molar-refractivity contribution in [3.8, 4) is 0 Å². The molecule has 1 saturated carbocycles. The lowest BCUT2D eigenvalue weighted by atomic mass is 9.82. The molecule has 1 aliphatic heterocycles. The van der Waals surface area contributed by atoms with Crippen molar-refractivity contribution in [3.05, 3.63) is 35.9 Å². The SMILES string of the molecule is N[C@H](C(=O)N1C(=O)OC[C@@H]1Cc1ccccc1)C1CCC(F)(F)CC1. The van der Waals surface area contributed by atoms with Gasteiger partial charge in [-0.25, -0.2) is 18.5 Å². The molecule has 3 rings (SSSR count). The quantitative estimate of drug-likeness (QED) is 0.904. The van der Waals surface area contributed by atoms with E-state index >= 15 is 0 Å². The number of ether oxygens (including phenoxy) is 1. The van der Waals surface area contributed by atoms with Gasteiger partial charge in [0.25, 0.3) is 0 Å². The van der Waals surface area contributed by atoms with E-state index in [1.54, 1.807) is 0 Å². The predicted molar refractivity (Wildman–Crippen MR) is 87.0 cm³/mol. The maximum atomic E-state index is 13.3. The number of carbonyl (C=O) groups excluding carboxylic acids is 2. The maximum absolute atomic E-state index is 13.3. The Bertz CT molecular complexity index is 628. The molecule has 136 valence electrons. The Kier molecular flexibility index (Phi) is 5.03. The van der Waals surface area contributed by atoms with Gasteiger partial charge in [0.2, 0.25) is 11.8 Å². The van der Waals surface area contributed by atoms with Gasteiger partial charge >= 0.3 is 6.09 Å². The summed E-state index contributed by atoms with van der Waals surface area (Å²) < 4.78 is 31.6.